The minimum Gasteiger partial charge on any atom is -0.484 e. The molecule has 0 saturated heterocycles. The lowest BCUT2D eigenvalue weighted by molar-refractivity contribution is -0.130. The predicted octanol–water partition coefficient (Wildman–Crippen LogP) is 2.03. The Balaban J connectivity index is 0.00000484. The van der Waals surface area contributed by atoms with Crippen LogP contribution in [0.4, 0.5) is 5.69 Å². The minimum absolute atomic E-state index is 0. The molecule has 1 aromatic carbocycles. The van der Waals surface area contributed by atoms with Crippen molar-refractivity contribution in [3.63, 3.8) is 0 Å². The van der Waals surface area contributed by atoms with E-state index in [9.17, 15) is 9.59 Å². The molecular weight excluding hydrogens is 318 g/mol. The van der Waals surface area contributed by atoms with Crippen molar-refractivity contribution in [2.75, 3.05) is 26.0 Å². The maximum atomic E-state index is 12.1. The number of benzene rings is 1. The van der Waals surface area contributed by atoms with E-state index in [2.05, 4.69) is 5.32 Å². The first-order valence-corrected chi connectivity index (χ1v) is 7.29. The van der Waals surface area contributed by atoms with Gasteiger partial charge in [-0.15, -0.1) is 12.4 Å². The van der Waals surface area contributed by atoms with Crippen LogP contribution in [0.5, 0.6) is 5.75 Å². The van der Waals surface area contributed by atoms with E-state index >= 15 is 0 Å². The van der Waals surface area contributed by atoms with Gasteiger partial charge in [0, 0.05) is 19.8 Å². The molecule has 6 nitrogen and oxygen atoms in total. The molecule has 1 aromatic rings. The van der Waals surface area contributed by atoms with Gasteiger partial charge in [0.05, 0.1) is 5.54 Å². The van der Waals surface area contributed by atoms with Crippen molar-refractivity contribution < 1.29 is 14.3 Å². The molecule has 3 N–H and O–H groups in total. The second-order valence-corrected chi connectivity index (χ2v) is 5.72. The van der Waals surface area contributed by atoms with Crippen molar-refractivity contribution in [3.05, 3.63) is 24.3 Å². The first-order chi connectivity index (χ1) is 10.3. The number of hydrogen-bond acceptors (Lipinski definition) is 4. The van der Waals surface area contributed by atoms with Crippen LogP contribution in [0.2, 0.25) is 0 Å². The fourth-order valence-electron chi connectivity index (χ4n) is 1.82. The van der Waals surface area contributed by atoms with Crippen molar-refractivity contribution in [1.82, 2.24) is 4.90 Å². The third-order valence-corrected chi connectivity index (χ3v) is 3.26. The molecule has 0 fully saturated rings. The summed E-state index contributed by atoms with van der Waals surface area (Å²) in [7, 11) is 3.34. The maximum Gasteiger partial charge on any atom is 0.259 e. The molecule has 0 spiro atoms. The fraction of sp³-hybridized carbons (Fsp3) is 0.500. The zero-order valence-corrected chi connectivity index (χ0v) is 14.9. The monoisotopic (exact) mass is 343 g/mol. The molecular formula is C16H26ClN3O3. The Labute approximate surface area is 143 Å². The summed E-state index contributed by atoms with van der Waals surface area (Å²) in [4.78, 5) is 25.0. The number of carbonyl (C=O) groups is 2. The van der Waals surface area contributed by atoms with E-state index in [1.807, 2.05) is 6.92 Å². The number of nitrogens with one attached hydrogen (secondary N) is 1. The zero-order chi connectivity index (χ0) is 16.8. The number of likely N-dealkylation sites (N-methyl/N-ethyl adjacent to an activating group) is 1. The van der Waals surface area contributed by atoms with Crippen LogP contribution in [-0.4, -0.2) is 43.0 Å². The smallest absolute Gasteiger partial charge is 0.259 e. The lowest BCUT2D eigenvalue weighted by Gasteiger charge is -2.22. The molecule has 0 aromatic heterocycles. The number of rotatable bonds is 7. The van der Waals surface area contributed by atoms with Gasteiger partial charge in [-0.05, 0) is 37.6 Å². The Morgan fingerprint density at radius 3 is 2.30 bits per heavy atom. The average molecular weight is 344 g/mol. The van der Waals surface area contributed by atoms with E-state index in [-0.39, 0.29) is 30.8 Å². The molecule has 0 aliphatic carbocycles. The Bertz CT molecular complexity index is 516. The van der Waals surface area contributed by atoms with Gasteiger partial charge in [-0.1, -0.05) is 13.3 Å². The Hall–Kier alpha value is -1.79. The molecule has 1 atom stereocenters. The summed E-state index contributed by atoms with van der Waals surface area (Å²) in [5.41, 5.74) is 5.73. The third kappa shape index (κ3) is 6.88. The van der Waals surface area contributed by atoms with Crippen molar-refractivity contribution in [2.45, 2.75) is 32.2 Å². The van der Waals surface area contributed by atoms with Crippen molar-refractivity contribution in [1.29, 1.82) is 0 Å². The van der Waals surface area contributed by atoms with Crippen LogP contribution >= 0.6 is 12.4 Å². The number of nitrogens with zero attached hydrogens (tertiary/aromatic N) is 1. The topological polar surface area (TPSA) is 84.7 Å². The highest BCUT2D eigenvalue weighted by Gasteiger charge is 2.27. The lowest BCUT2D eigenvalue weighted by Crippen LogP contribution is -2.48. The molecule has 0 aliphatic rings. The van der Waals surface area contributed by atoms with Gasteiger partial charge in [0.15, 0.2) is 6.61 Å². The van der Waals surface area contributed by atoms with E-state index < -0.39 is 5.54 Å². The molecule has 0 heterocycles. The molecule has 130 valence electrons. The van der Waals surface area contributed by atoms with Crippen molar-refractivity contribution >= 4 is 29.9 Å². The summed E-state index contributed by atoms with van der Waals surface area (Å²) >= 11 is 0. The molecule has 0 radical (unpaired) electrons. The van der Waals surface area contributed by atoms with Gasteiger partial charge in [0.25, 0.3) is 5.91 Å². The molecule has 0 saturated carbocycles. The van der Waals surface area contributed by atoms with Crippen LogP contribution < -0.4 is 15.8 Å². The van der Waals surface area contributed by atoms with E-state index in [4.69, 9.17) is 10.5 Å². The number of halogens is 1. The van der Waals surface area contributed by atoms with Crippen LogP contribution in [0, 0.1) is 0 Å². The number of ether oxygens (including phenoxy) is 1. The van der Waals surface area contributed by atoms with Gasteiger partial charge in [-0.25, -0.2) is 0 Å². The average Bonchev–Trinajstić information content (AvgIpc) is 2.45. The summed E-state index contributed by atoms with van der Waals surface area (Å²) in [6.07, 6.45) is 1.46. The summed E-state index contributed by atoms with van der Waals surface area (Å²) in [6.45, 7) is 3.69. The first kappa shape index (κ1) is 21.2. The highest BCUT2D eigenvalue weighted by Crippen LogP contribution is 2.18. The lowest BCUT2D eigenvalue weighted by atomic mass is 9.96. The van der Waals surface area contributed by atoms with Gasteiger partial charge in [0.1, 0.15) is 5.75 Å². The largest absolute Gasteiger partial charge is 0.484 e. The summed E-state index contributed by atoms with van der Waals surface area (Å²) in [5.74, 6) is 0.235. The molecule has 7 heteroatoms. The maximum absolute atomic E-state index is 12.1. The van der Waals surface area contributed by atoms with E-state index in [0.29, 0.717) is 17.9 Å². The molecule has 1 rings (SSSR count). The molecule has 1 unspecified atom stereocenters. The van der Waals surface area contributed by atoms with Crippen molar-refractivity contribution in [3.8, 4) is 5.75 Å². The van der Waals surface area contributed by atoms with Gasteiger partial charge >= 0.3 is 0 Å². The van der Waals surface area contributed by atoms with Gasteiger partial charge in [0.2, 0.25) is 5.91 Å². The number of carbonyl (C=O) groups excluding carboxylic acids is 2. The Morgan fingerprint density at radius 2 is 1.83 bits per heavy atom. The molecule has 0 bridgehead atoms. The van der Waals surface area contributed by atoms with Gasteiger partial charge in [-0.3, -0.25) is 9.59 Å². The van der Waals surface area contributed by atoms with Crippen LogP contribution in [0.3, 0.4) is 0 Å². The van der Waals surface area contributed by atoms with Crippen LogP contribution in [0.15, 0.2) is 24.3 Å². The fourth-order valence-corrected chi connectivity index (χ4v) is 1.82. The SMILES string of the molecule is CCCC(C)(N)C(=O)Nc1ccc(OCC(=O)N(C)C)cc1.Cl. The zero-order valence-electron chi connectivity index (χ0n) is 14.1. The third-order valence-electron chi connectivity index (χ3n) is 3.26. The second kappa shape index (κ2) is 9.37. The first-order valence-electron chi connectivity index (χ1n) is 7.29. The van der Waals surface area contributed by atoms with Gasteiger partial charge in [-0.2, -0.15) is 0 Å². The predicted molar refractivity (Wildman–Crippen MR) is 94.0 cm³/mol. The van der Waals surface area contributed by atoms with E-state index in [1.165, 1.54) is 4.90 Å². The summed E-state index contributed by atoms with van der Waals surface area (Å²) in [6, 6.07) is 6.84. The number of anilines is 1. The molecule has 2 amide bonds. The van der Waals surface area contributed by atoms with Gasteiger partial charge < -0.3 is 20.7 Å². The van der Waals surface area contributed by atoms with Crippen molar-refractivity contribution in [2.24, 2.45) is 5.73 Å². The van der Waals surface area contributed by atoms with Crippen LogP contribution in [0.25, 0.3) is 0 Å². The number of hydrogen-bond donors (Lipinski definition) is 2. The van der Waals surface area contributed by atoms with E-state index in [1.54, 1.807) is 45.3 Å². The summed E-state index contributed by atoms with van der Waals surface area (Å²) < 4.78 is 5.37. The Morgan fingerprint density at radius 1 is 1.26 bits per heavy atom. The van der Waals surface area contributed by atoms with E-state index in [0.717, 1.165) is 6.42 Å². The number of nitrogens with two attached hydrogens (primary N) is 1. The van der Waals surface area contributed by atoms with Crippen LogP contribution in [0.1, 0.15) is 26.7 Å². The Kier molecular flexibility index (Phi) is 8.64. The quantitative estimate of drug-likeness (QED) is 0.793. The standard InChI is InChI=1S/C16H25N3O3.ClH/c1-5-10-16(2,17)15(21)18-12-6-8-13(9-7-12)22-11-14(20)19(3)4;/h6-9H,5,10-11,17H2,1-4H3,(H,18,21);1H. The molecule has 23 heavy (non-hydrogen) atoms. The second-order valence-electron chi connectivity index (χ2n) is 5.72. The highest BCUT2D eigenvalue weighted by atomic mass is 35.5. The number of amides is 2. The minimum atomic E-state index is -0.887. The van der Waals surface area contributed by atoms with Crippen LogP contribution in [-0.2, 0) is 9.59 Å². The molecule has 0 aliphatic heterocycles. The highest BCUT2D eigenvalue weighted by molar-refractivity contribution is 5.97. The normalized spacial score (nSPS) is 12.6. The summed E-state index contributed by atoms with van der Waals surface area (Å²) in [5, 5.41) is 2.78.